The molecule has 1 amide bonds. The van der Waals surface area contributed by atoms with Gasteiger partial charge in [-0.1, -0.05) is 36.4 Å². The zero-order valence-corrected chi connectivity index (χ0v) is 19.9. The highest BCUT2D eigenvalue weighted by atomic mass is 16.3. The van der Waals surface area contributed by atoms with E-state index in [1.165, 1.54) is 11.1 Å². The van der Waals surface area contributed by atoms with E-state index in [0.29, 0.717) is 24.4 Å². The van der Waals surface area contributed by atoms with E-state index < -0.39 is 0 Å². The van der Waals surface area contributed by atoms with Crippen molar-refractivity contribution in [3.05, 3.63) is 116 Å². The summed E-state index contributed by atoms with van der Waals surface area (Å²) in [5.74, 6) is 0.428. The molecule has 2 heterocycles. The molecule has 0 radical (unpaired) electrons. The lowest BCUT2D eigenvalue weighted by molar-refractivity contribution is 0.0983. The number of anilines is 1. The number of carbonyl (C=O) groups excluding carboxylic acids is 1. The number of fused-ring (bicyclic) bond motifs is 1. The van der Waals surface area contributed by atoms with Crippen molar-refractivity contribution in [3.8, 4) is 0 Å². The molecule has 1 aliphatic rings. The van der Waals surface area contributed by atoms with Gasteiger partial charge in [0.05, 0.1) is 12.0 Å². The fourth-order valence-electron chi connectivity index (χ4n) is 4.90. The second-order valence-corrected chi connectivity index (χ2v) is 9.13. The second kappa shape index (κ2) is 10.1. The van der Waals surface area contributed by atoms with E-state index in [-0.39, 0.29) is 11.5 Å². The zero-order valence-electron chi connectivity index (χ0n) is 19.9. The normalized spacial score (nSPS) is 12.8. The molecular weight excluding hydrogens is 438 g/mol. The van der Waals surface area contributed by atoms with Crippen LogP contribution in [-0.4, -0.2) is 22.6 Å². The Kier molecular flexibility index (Phi) is 6.62. The van der Waals surface area contributed by atoms with Crippen LogP contribution in [-0.2, 0) is 25.7 Å². The number of aromatic nitrogens is 2. The van der Waals surface area contributed by atoms with Crippen LogP contribution in [0.25, 0.3) is 0 Å². The lowest BCUT2D eigenvalue weighted by atomic mass is 9.90. The maximum absolute atomic E-state index is 13.6. The van der Waals surface area contributed by atoms with Crippen LogP contribution in [0.1, 0.15) is 56.7 Å². The number of aryl methyl sites for hydroxylation is 1. The van der Waals surface area contributed by atoms with E-state index in [1.807, 2.05) is 42.5 Å². The van der Waals surface area contributed by atoms with Crippen LogP contribution in [0.5, 0.6) is 0 Å². The molecule has 0 spiro atoms. The molecule has 0 unspecified atom stereocenters. The van der Waals surface area contributed by atoms with Crippen LogP contribution in [0.2, 0.25) is 0 Å². The molecule has 5 rings (SSSR count). The summed E-state index contributed by atoms with van der Waals surface area (Å²) in [7, 11) is 0. The Labute approximate surface area is 204 Å². The van der Waals surface area contributed by atoms with Gasteiger partial charge in [-0.3, -0.25) is 14.5 Å². The summed E-state index contributed by atoms with van der Waals surface area (Å²) >= 11 is 0. The molecule has 178 valence electrons. The van der Waals surface area contributed by atoms with Crippen LogP contribution in [0, 0.1) is 6.92 Å². The van der Waals surface area contributed by atoms with Crippen molar-refractivity contribution in [2.24, 2.45) is 0 Å². The van der Waals surface area contributed by atoms with E-state index in [0.717, 1.165) is 54.5 Å². The van der Waals surface area contributed by atoms with E-state index in [2.05, 4.69) is 29.3 Å². The summed E-state index contributed by atoms with van der Waals surface area (Å²) in [4.78, 5) is 27.5. The van der Waals surface area contributed by atoms with E-state index in [4.69, 9.17) is 4.42 Å². The molecule has 0 saturated carbocycles. The molecule has 2 aromatic carbocycles. The van der Waals surface area contributed by atoms with Gasteiger partial charge in [-0.05, 0) is 79.5 Å². The molecule has 2 aromatic heterocycles. The minimum atomic E-state index is -0.105. The van der Waals surface area contributed by atoms with Gasteiger partial charge < -0.3 is 4.42 Å². The highest BCUT2D eigenvalue weighted by molar-refractivity contribution is 6.05. The van der Waals surface area contributed by atoms with E-state index >= 15 is 0 Å². The van der Waals surface area contributed by atoms with Gasteiger partial charge in [0.25, 0.3) is 11.5 Å². The number of rotatable bonds is 7. The molecule has 0 saturated heterocycles. The number of carbonyl (C=O) groups is 1. The number of nitrogens with zero attached hydrogens (tertiary/aromatic N) is 2. The lowest BCUT2D eigenvalue weighted by Gasteiger charge is -2.21. The Morgan fingerprint density at radius 2 is 1.86 bits per heavy atom. The predicted molar refractivity (Wildman–Crippen MR) is 136 cm³/mol. The van der Waals surface area contributed by atoms with Crippen molar-refractivity contribution in [3.63, 3.8) is 0 Å². The largest absolute Gasteiger partial charge is 0.448 e. The van der Waals surface area contributed by atoms with Gasteiger partial charge >= 0.3 is 0 Å². The van der Waals surface area contributed by atoms with Crippen LogP contribution in [0.15, 0.2) is 76.1 Å². The Morgan fingerprint density at radius 3 is 2.66 bits per heavy atom. The Bertz CT molecular complexity index is 1390. The summed E-state index contributed by atoms with van der Waals surface area (Å²) < 4.78 is 5.62. The number of nitrogens with one attached hydrogen (secondary N) is 1. The number of aromatic amines is 1. The highest BCUT2D eigenvalue weighted by Gasteiger charge is 2.22. The maximum Gasteiger partial charge on any atom is 0.267 e. The molecule has 0 fully saturated rings. The zero-order chi connectivity index (χ0) is 24.2. The molecule has 1 aliphatic carbocycles. The summed E-state index contributed by atoms with van der Waals surface area (Å²) in [6.45, 7) is 2.60. The van der Waals surface area contributed by atoms with Gasteiger partial charge in [-0.25, -0.2) is 5.10 Å². The van der Waals surface area contributed by atoms with E-state index in [1.54, 1.807) is 17.2 Å². The van der Waals surface area contributed by atoms with Crippen LogP contribution in [0.4, 0.5) is 5.88 Å². The van der Waals surface area contributed by atoms with Crippen molar-refractivity contribution in [2.45, 2.75) is 45.4 Å². The van der Waals surface area contributed by atoms with Crippen molar-refractivity contribution in [2.75, 3.05) is 11.4 Å². The second-order valence-electron chi connectivity index (χ2n) is 9.13. The SMILES string of the molecule is Cc1ccccc1CCN(C(=O)c1cccc(Cc2n[nH]c(=O)c3c2CCCC3)c1)c1ccco1. The lowest BCUT2D eigenvalue weighted by Crippen LogP contribution is -2.32. The van der Waals surface area contributed by atoms with Crippen molar-refractivity contribution in [1.29, 1.82) is 0 Å². The van der Waals surface area contributed by atoms with Crippen molar-refractivity contribution in [1.82, 2.24) is 10.2 Å². The summed E-state index contributed by atoms with van der Waals surface area (Å²) in [6.07, 6.45) is 6.68. The molecule has 6 nitrogen and oxygen atoms in total. The third-order valence-corrected chi connectivity index (χ3v) is 6.81. The summed E-state index contributed by atoms with van der Waals surface area (Å²) in [5, 5.41) is 7.03. The van der Waals surface area contributed by atoms with Gasteiger partial charge in [0.15, 0.2) is 0 Å². The number of hydrogen-bond donors (Lipinski definition) is 1. The molecule has 1 N–H and O–H groups in total. The average molecular weight is 468 g/mol. The predicted octanol–water partition coefficient (Wildman–Crippen LogP) is 5.03. The van der Waals surface area contributed by atoms with Gasteiger partial charge in [0.2, 0.25) is 5.88 Å². The fourth-order valence-corrected chi connectivity index (χ4v) is 4.90. The number of hydrogen-bond acceptors (Lipinski definition) is 4. The molecule has 0 atom stereocenters. The molecular formula is C29H29N3O3. The van der Waals surface area contributed by atoms with Crippen LogP contribution >= 0.6 is 0 Å². The number of amides is 1. The van der Waals surface area contributed by atoms with Crippen molar-refractivity contribution >= 4 is 11.8 Å². The van der Waals surface area contributed by atoms with Gasteiger partial charge in [-0.2, -0.15) is 5.10 Å². The third kappa shape index (κ3) is 4.97. The third-order valence-electron chi connectivity index (χ3n) is 6.81. The molecule has 4 aromatic rings. The number of H-pyrrole nitrogens is 1. The minimum absolute atomic E-state index is 0.0740. The van der Waals surface area contributed by atoms with Gasteiger partial charge in [-0.15, -0.1) is 0 Å². The molecule has 6 heteroatoms. The fraction of sp³-hybridized carbons (Fsp3) is 0.276. The topological polar surface area (TPSA) is 79.2 Å². The van der Waals surface area contributed by atoms with Crippen LogP contribution in [0.3, 0.4) is 0 Å². The maximum atomic E-state index is 13.6. The summed E-state index contributed by atoms with van der Waals surface area (Å²) in [6, 6.07) is 19.5. The smallest absolute Gasteiger partial charge is 0.267 e. The standard InChI is InChI=1S/C29H29N3O3/c1-20-8-2-3-10-22(20)15-16-32(27-14-7-17-35-27)29(34)23-11-6-9-21(18-23)19-26-24-12-4-5-13-25(24)28(33)31-30-26/h2-3,6-11,14,17-18H,4-5,12-13,15-16,19H2,1H3,(H,31,33). The molecule has 0 aliphatic heterocycles. The minimum Gasteiger partial charge on any atom is -0.448 e. The summed E-state index contributed by atoms with van der Waals surface area (Å²) in [5.41, 5.74) is 6.77. The first kappa shape index (κ1) is 22.8. The van der Waals surface area contributed by atoms with Gasteiger partial charge in [0.1, 0.15) is 0 Å². The Morgan fingerprint density at radius 1 is 1.03 bits per heavy atom. The average Bonchev–Trinajstić information content (AvgIpc) is 3.42. The molecule has 0 bridgehead atoms. The van der Waals surface area contributed by atoms with Crippen molar-refractivity contribution < 1.29 is 9.21 Å². The first-order chi connectivity index (χ1) is 17.1. The highest BCUT2D eigenvalue weighted by Crippen LogP contribution is 2.24. The van der Waals surface area contributed by atoms with E-state index in [9.17, 15) is 9.59 Å². The first-order valence-corrected chi connectivity index (χ1v) is 12.2. The molecule has 35 heavy (non-hydrogen) atoms. The number of benzene rings is 2. The quantitative estimate of drug-likeness (QED) is 0.413. The Hall–Kier alpha value is -3.93. The Balaban J connectivity index is 1.39. The van der Waals surface area contributed by atoms with Crippen LogP contribution < -0.4 is 10.5 Å². The van der Waals surface area contributed by atoms with Gasteiger partial charge in [0, 0.05) is 30.2 Å². The monoisotopic (exact) mass is 467 g/mol. The number of furan rings is 1. The first-order valence-electron chi connectivity index (χ1n) is 12.2.